The van der Waals surface area contributed by atoms with E-state index < -0.39 is 0 Å². The predicted molar refractivity (Wildman–Crippen MR) is 90.5 cm³/mol. The van der Waals surface area contributed by atoms with E-state index >= 15 is 0 Å². The first-order valence-electron chi connectivity index (χ1n) is 8.36. The Morgan fingerprint density at radius 3 is 2.68 bits per heavy atom. The van der Waals surface area contributed by atoms with Crippen LogP contribution in [0.15, 0.2) is 24.3 Å². The SMILES string of the molecule is CC(C)N(C)Cc1ccccc1CNC(=O)C1CCCCN1. The number of nitrogens with one attached hydrogen (secondary N) is 2. The summed E-state index contributed by atoms with van der Waals surface area (Å²) in [7, 11) is 2.13. The van der Waals surface area contributed by atoms with Crippen molar-refractivity contribution in [3.05, 3.63) is 35.4 Å². The first kappa shape index (κ1) is 17.0. The molecule has 2 N–H and O–H groups in total. The minimum atomic E-state index is -0.0146. The van der Waals surface area contributed by atoms with Gasteiger partial charge in [-0.1, -0.05) is 30.7 Å². The maximum atomic E-state index is 12.2. The van der Waals surface area contributed by atoms with E-state index in [1.807, 2.05) is 6.07 Å². The van der Waals surface area contributed by atoms with Gasteiger partial charge in [-0.25, -0.2) is 0 Å². The minimum absolute atomic E-state index is 0.0146. The third-order valence-electron chi connectivity index (χ3n) is 4.50. The molecule has 0 bridgehead atoms. The second-order valence-corrected chi connectivity index (χ2v) is 6.50. The molecule has 4 nitrogen and oxygen atoms in total. The lowest BCUT2D eigenvalue weighted by Crippen LogP contribution is -2.46. The van der Waals surface area contributed by atoms with Gasteiger partial charge in [0.25, 0.3) is 0 Å². The zero-order chi connectivity index (χ0) is 15.9. The Hall–Kier alpha value is -1.39. The van der Waals surface area contributed by atoms with Crippen LogP contribution in [0.5, 0.6) is 0 Å². The molecule has 1 heterocycles. The Morgan fingerprint density at radius 2 is 2.05 bits per heavy atom. The van der Waals surface area contributed by atoms with Gasteiger partial charge in [0.15, 0.2) is 0 Å². The predicted octanol–water partition coefficient (Wildman–Crippen LogP) is 2.29. The molecule has 1 aliphatic rings. The molecular weight excluding hydrogens is 274 g/mol. The Balaban J connectivity index is 1.93. The fourth-order valence-electron chi connectivity index (χ4n) is 2.72. The number of benzene rings is 1. The minimum Gasteiger partial charge on any atom is -0.351 e. The van der Waals surface area contributed by atoms with E-state index in [2.05, 4.69) is 54.6 Å². The van der Waals surface area contributed by atoms with Crippen LogP contribution < -0.4 is 10.6 Å². The first-order valence-corrected chi connectivity index (χ1v) is 8.36. The van der Waals surface area contributed by atoms with Gasteiger partial charge in [-0.15, -0.1) is 0 Å². The number of hydrogen-bond acceptors (Lipinski definition) is 3. The molecule has 22 heavy (non-hydrogen) atoms. The molecule has 122 valence electrons. The molecular formula is C18H29N3O. The van der Waals surface area contributed by atoms with Crippen LogP contribution >= 0.6 is 0 Å². The number of nitrogens with zero attached hydrogens (tertiary/aromatic N) is 1. The Bertz CT molecular complexity index is 481. The standard InChI is InChI=1S/C18H29N3O/c1-14(2)21(3)13-16-9-5-4-8-15(16)12-20-18(22)17-10-6-7-11-19-17/h4-5,8-9,14,17,19H,6-7,10-13H2,1-3H3,(H,20,22). The van der Waals surface area contributed by atoms with Crippen molar-refractivity contribution in [2.45, 2.75) is 58.3 Å². The Labute approximate surface area is 134 Å². The monoisotopic (exact) mass is 303 g/mol. The van der Waals surface area contributed by atoms with Gasteiger partial charge >= 0.3 is 0 Å². The van der Waals surface area contributed by atoms with E-state index in [0.717, 1.165) is 25.9 Å². The molecule has 0 aliphatic carbocycles. The van der Waals surface area contributed by atoms with Gasteiger partial charge in [-0.3, -0.25) is 9.69 Å². The van der Waals surface area contributed by atoms with Crippen molar-refractivity contribution in [1.29, 1.82) is 0 Å². The number of piperidine rings is 1. The summed E-state index contributed by atoms with van der Waals surface area (Å²) < 4.78 is 0. The van der Waals surface area contributed by atoms with E-state index in [9.17, 15) is 4.79 Å². The van der Waals surface area contributed by atoms with Gasteiger partial charge < -0.3 is 10.6 Å². The highest BCUT2D eigenvalue weighted by atomic mass is 16.2. The first-order chi connectivity index (χ1) is 10.6. The molecule has 1 saturated heterocycles. The molecule has 1 atom stereocenters. The summed E-state index contributed by atoms with van der Waals surface area (Å²) >= 11 is 0. The number of hydrogen-bond donors (Lipinski definition) is 2. The average molecular weight is 303 g/mol. The fraction of sp³-hybridized carbons (Fsp3) is 0.611. The average Bonchev–Trinajstić information content (AvgIpc) is 2.54. The maximum absolute atomic E-state index is 12.2. The molecule has 1 unspecified atom stereocenters. The van der Waals surface area contributed by atoms with Crippen molar-refractivity contribution in [3.63, 3.8) is 0 Å². The van der Waals surface area contributed by atoms with Crippen molar-refractivity contribution in [3.8, 4) is 0 Å². The van der Waals surface area contributed by atoms with Gasteiger partial charge in [0, 0.05) is 19.1 Å². The molecule has 0 aromatic heterocycles. The second kappa shape index (κ2) is 8.30. The summed E-state index contributed by atoms with van der Waals surface area (Å²) in [6.07, 6.45) is 3.26. The smallest absolute Gasteiger partial charge is 0.237 e. The molecule has 0 spiro atoms. The lowest BCUT2D eigenvalue weighted by molar-refractivity contribution is -0.123. The molecule has 1 aromatic rings. The number of rotatable bonds is 6. The topological polar surface area (TPSA) is 44.4 Å². The van der Waals surface area contributed by atoms with Crippen LogP contribution in [0.2, 0.25) is 0 Å². The van der Waals surface area contributed by atoms with Gasteiger partial charge in [-0.05, 0) is 51.4 Å². The van der Waals surface area contributed by atoms with Crippen molar-refractivity contribution >= 4 is 5.91 Å². The fourth-order valence-corrected chi connectivity index (χ4v) is 2.72. The zero-order valence-corrected chi connectivity index (χ0v) is 14.1. The lowest BCUT2D eigenvalue weighted by Gasteiger charge is -2.24. The molecule has 1 aromatic carbocycles. The Kier molecular flexibility index (Phi) is 6.40. The summed E-state index contributed by atoms with van der Waals surface area (Å²) in [4.78, 5) is 14.5. The third kappa shape index (κ3) is 4.82. The quantitative estimate of drug-likeness (QED) is 0.847. The summed E-state index contributed by atoms with van der Waals surface area (Å²) in [5, 5.41) is 6.39. The maximum Gasteiger partial charge on any atom is 0.237 e. The molecule has 4 heteroatoms. The van der Waals surface area contributed by atoms with E-state index in [0.29, 0.717) is 12.6 Å². The second-order valence-electron chi connectivity index (χ2n) is 6.50. The highest BCUT2D eigenvalue weighted by Crippen LogP contribution is 2.13. The number of carbonyl (C=O) groups excluding carboxylic acids is 1. The van der Waals surface area contributed by atoms with Crippen LogP contribution in [0.25, 0.3) is 0 Å². The molecule has 0 saturated carbocycles. The molecule has 1 aliphatic heterocycles. The zero-order valence-electron chi connectivity index (χ0n) is 14.1. The molecule has 1 fully saturated rings. The van der Waals surface area contributed by atoms with Gasteiger partial charge in [-0.2, -0.15) is 0 Å². The van der Waals surface area contributed by atoms with E-state index in [1.54, 1.807) is 0 Å². The molecule has 0 radical (unpaired) electrons. The van der Waals surface area contributed by atoms with Crippen LogP contribution in [-0.2, 0) is 17.9 Å². The van der Waals surface area contributed by atoms with Crippen molar-refractivity contribution in [2.75, 3.05) is 13.6 Å². The van der Waals surface area contributed by atoms with Crippen LogP contribution in [0.3, 0.4) is 0 Å². The summed E-state index contributed by atoms with van der Waals surface area (Å²) in [6, 6.07) is 8.86. The van der Waals surface area contributed by atoms with Crippen molar-refractivity contribution < 1.29 is 4.79 Å². The summed E-state index contributed by atoms with van der Waals surface area (Å²) in [5.74, 6) is 0.131. The van der Waals surface area contributed by atoms with Crippen LogP contribution in [-0.4, -0.2) is 36.5 Å². The van der Waals surface area contributed by atoms with Gasteiger partial charge in [0.05, 0.1) is 6.04 Å². The van der Waals surface area contributed by atoms with Gasteiger partial charge in [0.2, 0.25) is 5.91 Å². The normalized spacial score (nSPS) is 18.7. The van der Waals surface area contributed by atoms with Crippen LogP contribution in [0, 0.1) is 0 Å². The van der Waals surface area contributed by atoms with Crippen LogP contribution in [0.4, 0.5) is 0 Å². The lowest BCUT2D eigenvalue weighted by atomic mass is 10.0. The largest absolute Gasteiger partial charge is 0.351 e. The van der Waals surface area contributed by atoms with Gasteiger partial charge in [0.1, 0.15) is 0 Å². The summed E-state index contributed by atoms with van der Waals surface area (Å²) in [5.41, 5.74) is 2.50. The highest BCUT2D eigenvalue weighted by molar-refractivity contribution is 5.81. The van der Waals surface area contributed by atoms with Crippen molar-refractivity contribution in [2.24, 2.45) is 0 Å². The van der Waals surface area contributed by atoms with Crippen molar-refractivity contribution in [1.82, 2.24) is 15.5 Å². The third-order valence-corrected chi connectivity index (χ3v) is 4.50. The molecule has 1 amide bonds. The number of carbonyl (C=O) groups is 1. The van der Waals surface area contributed by atoms with E-state index in [4.69, 9.17) is 0 Å². The van der Waals surface area contributed by atoms with E-state index in [1.165, 1.54) is 17.5 Å². The Morgan fingerprint density at radius 1 is 1.32 bits per heavy atom. The number of amides is 1. The summed E-state index contributed by atoms with van der Waals surface area (Å²) in [6.45, 7) is 6.86. The van der Waals surface area contributed by atoms with E-state index in [-0.39, 0.29) is 11.9 Å². The molecule has 2 rings (SSSR count). The van der Waals surface area contributed by atoms with Crippen LogP contribution in [0.1, 0.15) is 44.2 Å². The highest BCUT2D eigenvalue weighted by Gasteiger charge is 2.20.